The number of nitrogens with zero attached hydrogens (tertiary/aromatic N) is 1. The van der Waals surface area contributed by atoms with E-state index in [-0.39, 0.29) is 0 Å². The second kappa shape index (κ2) is 9.16. The van der Waals surface area contributed by atoms with E-state index in [2.05, 4.69) is 5.32 Å². The van der Waals surface area contributed by atoms with Crippen LogP contribution >= 0.6 is 0 Å². The molecule has 0 bridgehead atoms. The molecule has 1 atom stereocenters. The molecule has 144 valence electrons. The fourth-order valence-corrected chi connectivity index (χ4v) is 3.31. The van der Waals surface area contributed by atoms with Gasteiger partial charge in [-0.15, -0.1) is 0 Å². The highest BCUT2D eigenvalue weighted by atomic mass is 16.5. The fourth-order valence-electron chi connectivity index (χ4n) is 3.31. The zero-order valence-corrected chi connectivity index (χ0v) is 15.9. The molecule has 0 saturated carbocycles. The summed E-state index contributed by atoms with van der Waals surface area (Å²) in [6.07, 6.45) is 1.57. The van der Waals surface area contributed by atoms with E-state index < -0.39 is 18.0 Å². The summed E-state index contributed by atoms with van der Waals surface area (Å²) in [4.78, 5) is 26.2. The van der Waals surface area contributed by atoms with Gasteiger partial charge in [-0.25, -0.2) is 4.79 Å². The predicted octanol–water partition coefficient (Wildman–Crippen LogP) is 1.92. The number of esters is 1. The van der Waals surface area contributed by atoms with Gasteiger partial charge in [-0.05, 0) is 31.2 Å². The number of likely N-dealkylation sites (tertiary alicyclic amines) is 1. The lowest BCUT2D eigenvalue weighted by Gasteiger charge is -2.15. The minimum absolute atomic E-state index is 0.352. The van der Waals surface area contributed by atoms with Crippen LogP contribution in [0.3, 0.4) is 0 Å². The molecule has 0 aliphatic carbocycles. The maximum Gasteiger partial charge on any atom is 0.338 e. The molecule has 6 nitrogen and oxygen atoms in total. The number of para-hydroxylation sites is 1. The molecule has 0 radical (unpaired) electrons. The predicted molar refractivity (Wildman–Crippen MR) is 105 cm³/mol. The summed E-state index contributed by atoms with van der Waals surface area (Å²) in [5, 5.41) is 11.7. The fraction of sp³-hybridized carbons (Fsp3) is 0.318. The van der Waals surface area contributed by atoms with Crippen LogP contribution in [0.15, 0.2) is 48.5 Å². The smallest absolute Gasteiger partial charge is 0.338 e. The van der Waals surface area contributed by atoms with Crippen LogP contribution < -0.4 is 10.2 Å². The molecule has 1 aliphatic rings. The molecular formula is C22H24N3O3+. The number of hydrogen-bond donors (Lipinski definition) is 2. The minimum atomic E-state index is -0.979. The van der Waals surface area contributed by atoms with E-state index >= 15 is 0 Å². The number of carbonyl (C=O) groups is 2. The molecule has 1 amide bonds. The van der Waals surface area contributed by atoms with Crippen molar-refractivity contribution in [3.8, 4) is 6.07 Å². The van der Waals surface area contributed by atoms with Crippen molar-refractivity contribution in [3.63, 3.8) is 0 Å². The number of benzene rings is 2. The Labute approximate surface area is 164 Å². The zero-order chi connectivity index (χ0) is 19.9. The van der Waals surface area contributed by atoms with E-state index in [1.165, 1.54) is 38.4 Å². The van der Waals surface area contributed by atoms with Gasteiger partial charge in [0.05, 0.1) is 29.9 Å². The number of hydrogen-bond acceptors (Lipinski definition) is 4. The van der Waals surface area contributed by atoms with Gasteiger partial charge in [0.2, 0.25) is 0 Å². The van der Waals surface area contributed by atoms with Gasteiger partial charge < -0.3 is 15.0 Å². The maximum absolute atomic E-state index is 12.3. The molecule has 1 aliphatic heterocycles. The van der Waals surface area contributed by atoms with Gasteiger partial charge in [-0.1, -0.05) is 24.3 Å². The quantitative estimate of drug-likeness (QED) is 0.753. The van der Waals surface area contributed by atoms with Crippen molar-refractivity contribution in [2.24, 2.45) is 0 Å². The Morgan fingerprint density at radius 2 is 1.82 bits per heavy atom. The van der Waals surface area contributed by atoms with Crippen molar-refractivity contribution >= 4 is 17.6 Å². The molecule has 2 N–H and O–H groups in total. The lowest BCUT2D eigenvalue weighted by atomic mass is 10.1. The summed E-state index contributed by atoms with van der Waals surface area (Å²) in [7, 11) is 0. The van der Waals surface area contributed by atoms with Gasteiger partial charge >= 0.3 is 5.97 Å². The number of carbonyl (C=O) groups excluding carboxylic acids is 2. The average Bonchev–Trinajstić information content (AvgIpc) is 3.22. The standard InChI is InChI=1S/C22H23N3O3/c1-16(21(26)24-20-7-3-2-6-19(20)14-23)28-22(27)18-10-8-17(9-11-18)15-25-12-4-5-13-25/h2-3,6-11,16H,4-5,12-13,15H2,1H3,(H,24,26)/p+1/t16-/m1/s1. The topological polar surface area (TPSA) is 83.6 Å². The number of quaternary nitrogens is 1. The minimum Gasteiger partial charge on any atom is -0.449 e. The van der Waals surface area contributed by atoms with E-state index in [4.69, 9.17) is 10.00 Å². The Morgan fingerprint density at radius 3 is 2.50 bits per heavy atom. The van der Waals surface area contributed by atoms with Crippen molar-refractivity contribution < 1.29 is 19.2 Å². The van der Waals surface area contributed by atoms with Crippen LogP contribution in [0, 0.1) is 11.3 Å². The van der Waals surface area contributed by atoms with Gasteiger partial charge in [0, 0.05) is 18.4 Å². The normalized spacial score (nSPS) is 14.9. The first-order valence-electron chi connectivity index (χ1n) is 9.50. The lowest BCUT2D eigenvalue weighted by molar-refractivity contribution is -0.901. The van der Waals surface area contributed by atoms with Crippen molar-refractivity contribution in [3.05, 3.63) is 65.2 Å². The first kappa shape index (κ1) is 19.6. The summed E-state index contributed by atoms with van der Waals surface area (Å²) in [5.41, 5.74) is 2.35. The Morgan fingerprint density at radius 1 is 1.14 bits per heavy atom. The molecule has 2 aromatic rings. The van der Waals surface area contributed by atoms with Crippen molar-refractivity contribution in [2.75, 3.05) is 18.4 Å². The summed E-state index contributed by atoms with van der Waals surface area (Å²) in [6, 6.07) is 16.0. The van der Waals surface area contributed by atoms with Gasteiger partial charge in [0.1, 0.15) is 12.6 Å². The van der Waals surface area contributed by atoms with Crippen molar-refractivity contribution in [1.82, 2.24) is 0 Å². The highest BCUT2D eigenvalue weighted by Gasteiger charge is 2.20. The molecule has 3 rings (SSSR count). The van der Waals surface area contributed by atoms with Crippen LogP contribution in [0.4, 0.5) is 5.69 Å². The molecule has 2 aromatic carbocycles. The Balaban J connectivity index is 1.55. The molecule has 1 heterocycles. The van der Waals surface area contributed by atoms with Gasteiger partial charge in [0.15, 0.2) is 6.10 Å². The van der Waals surface area contributed by atoms with E-state index in [0.29, 0.717) is 16.8 Å². The van der Waals surface area contributed by atoms with Crippen molar-refractivity contribution in [2.45, 2.75) is 32.4 Å². The first-order chi connectivity index (χ1) is 13.6. The number of anilines is 1. The van der Waals surface area contributed by atoms with Crippen LogP contribution in [0.25, 0.3) is 0 Å². The highest BCUT2D eigenvalue weighted by Crippen LogP contribution is 2.15. The van der Waals surface area contributed by atoms with E-state index in [1.807, 2.05) is 18.2 Å². The number of amides is 1. The van der Waals surface area contributed by atoms with Crippen LogP contribution in [0.1, 0.15) is 41.3 Å². The molecular weight excluding hydrogens is 354 g/mol. The highest BCUT2D eigenvalue weighted by molar-refractivity contribution is 5.98. The average molecular weight is 378 g/mol. The Bertz CT molecular complexity index is 881. The summed E-state index contributed by atoms with van der Waals surface area (Å²) in [5.74, 6) is -1.03. The SMILES string of the molecule is C[C@@H](OC(=O)c1ccc(C[NH+]2CCCC2)cc1)C(=O)Nc1ccccc1C#N. The van der Waals surface area contributed by atoms with E-state index in [9.17, 15) is 9.59 Å². The number of ether oxygens (including phenoxy) is 1. The second-order valence-corrected chi connectivity index (χ2v) is 7.02. The van der Waals surface area contributed by atoms with Gasteiger partial charge in [0.25, 0.3) is 5.91 Å². The summed E-state index contributed by atoms with van der Waals surface area (Å²) >= 11 is 0. The number of nitriles is 1. The third kappa shape index (κ3) is 4.96. The van der Waals surface area contributed by atoms with Crippen LogP contribution in [-0.4, -0.2) is 31.1 Å². The van der Waals surface area contributed by atoms with Crippen LogP contribution in [0.2, 0.25) is 0 Å². The number of nitrogens with one attached hydrogen (secondary N) is 2. The third-order valence-electron chi connectivity index (χ3n) is 4.91. The van der Waals surface area contributed by atoms with Crippen molar-refractivity contribution in [1.29, 1.82) is 5.26 Å². The zero-order valence-electron chi connectivity index (χ0n) is 15.9. The largest absolute Gasteiger partial charge is 0.449 e. The monoisotopic (exact) mass is 378 g/mol. The number of rotatable bonds is 6. The third-order valence-corrected chi connectivity index (χ3v) is 4.91. The Hall–Kier alpha value is -3.17. The van der Waals surface area contributed by atoms with Crippen LogP contribution in [-0.2, 0) is 16.1 Å². The molecule has 6 heteroatoms. The molecule has 28 heavy (non-hydrogen) atoms. The summed E-state index contributed by atoms with van der Waals surface area (Å²) < 4.78 is 5.28. The molecule has 0 spiro atoms. The maximum atomic E-state index is 12.3. The van der Waals surface area contributed by atoms with Crippen LogP contribution in [0.5, 0.6) is 0 Å². The van der Waals surface area contributed by atoms with E-state index in [1.54, 1.807) is 41.3 Å². The molecule has 0 aromatic heterocycles. The Kier molecular flexibility index (Phi) is 6.41. The second-order valence-electron chi connectivity index (χ2n) is 7.02. The lowest BCUT2D eigenvalue weighted by Crippen LogP contribution is -3.08. The molecule has 0 unspecified atom stereocenters. The van der Waals surface area contributed by atoms with Gasteiger partial charge in [-0.2, -0.15) is 5.26 Å². The van der Waals surface area contributed by atoms with E-state index in [0.717, 1.165) is 6.54 Å². The first-order valence-corrected chi connectivity index (χ1v) is 9.50. The summed E-state index contributed by atoms with van der Waals surface area (Å²) in [6.45, 7) is 4.87. The molecule has 1 saturated heterocycles. The molecule has 1 fully saturated rings. The van der Waals surface area contributed by atoms with Gasteiger partial charge in [-0.3, -0.25) is 4.79 Å².